The van der Waals surface area contributed by atoms with Gasteiger partial charge in [-0.05, 0) is 59.3 Å². The highest BCUT2D eigenvalue weighted by Gasteiger charge is 2.11. The van der Waals surface area contributed by atoms with E-state index >= 15 is 0 Å². The third-order valence-corrected chi connectivity index (χ3v) is 3.92. The normalized spacial score (nSPS) is 10.0. The molecular formula is C17H17IN2O3. The van der Waals surface area contributed by atoms with E-state index in [4.69, 9.17) is 4.74 Å². The molecule has 0 radical (unpaired) electrons. The second-order valence-corrected chi connectivity index (χ2v) is 5.93. The molecule has 5 nitrogen and oxygen atoms in total. The number of rotatable bonds is 5. The van der Waals surface area contributed by atoms with Gasteiger partial charge in [-0.25, -0.2) is 0 Å². The molecule has 0 aliphatic rings. The molecule has 0 saturated carbocycles. The first-order valence-corrected chi connectivity index (χ1v) is 8.27. The van der Waals surface area contributed by atoms with Gasteiger partial charge >= 0.3 is 0 Å². The number of ether oxygens (including phenoxy) is 1. The fourth-order valence-corrected chi connectivity index (χ4v) is 2.48. The van der Waals surface area contributed by atoms with Crippen molar-refractivity contribution < 1.29 is 14.3 Å². The molecule has 0 aromatic heterocycles. The first-order valence-electron chi connectivity index (χ1n) is 7.20. The minimum absolute atomic E-state index is 0.360. The molecule has 0 spiro atoms. The van der Waals surface area contributed by atoms with Crippen LogP contribution in [0.3, 0.4) is 0 Å². The van der Waals surface area contributed by atoms with Crippen molar-refractivity contribution in [1.29, 1.82) is 0 Å². The maximum Gasteiger partial charge on any atom is 0.270 e. The van der Waals surface area contributed by atoms with Crippen molar-refractivity contribution in [3.8, 4) is 5.75 Å². The smallest absolute Gasteiger partial charge is 0.270 e. The summed E-state index contributed by atoms with van der Waals surface area (Å²) in [5.41, 5.74) is 5.75. The Kier molecular flexibility index (Phi) is 6.40. The Morgan fingerprint density at radius 2 is 1.78 bits per heavy atom. The molecule has 0 unspecified atom stereocenters. The highest BCUT2D eigenvalue weighted by atomic mass is 127. The van der Waals surface area contributed by atoms with Crippen LogP contribution in [-0.4, -0.2) is 18.4 Å². The van der Waals surface area contributed by atoms with E-state index in [-0.39, 0.29) is 5.91 Å². The predicted molar refractivity (Wildman–Crippen MR) is 96.3 cm³/mol. The van der Waals surface area contributed by atoms with Crippen molar-refractivity contribution in [1.82, 2.24) is 10.9 Å². The van der Waals surface area contributed by atoms with Crippen LogP contribution in [0.25, 0.3) is 0 Å². The molecule has 6 heteroatoms. The molecule has 0 heterocycles. The van der Waals surface area contributed by atoms with Gasteiger partial charge in [-0.15, -0.1) is 0 Å². The minimum Gasteiger partial charge on any atom is -0.494 e. The molecule has 2 amide bonds. The van der Waals surface area contributed by atoms with Crippen molar-refractivity contribution in [2.45, 2.75) is 13.3 Å². The zero-order chi connectivity index (χ0) is 16.7. The zero-order valence-corrected chi connectivity index (χ0v) is 14.8. The first kappa shape index (κ1) is 17.3. The van der Waals surface area contributed by atoms with Gasteiger partial charge in [0.25, 0.3) is 11.8 Å². The Bertz CT molecular complexity index is 704. The number of hydrogen-bond acceptors (Lipinski definition) is 3. The van der Waals surface area contributed by atoms with E-state index in [0.29, 0.717) is 23.5 Å². The SMILES string of the molecule is CCCOc1cccc(C(=O)NNC(=O)c2ccccc2I)c1. The van der Waals surface area contributed by atoms with E-state index in [2.05, 4.69) is 33.4 Å². The van der Waals surface area contributed by atoms with Crippen molar-refractivity contribution in [3.05, 3.63) is 63.2 Å². The molecule has 2 rings (SSSR count). The molecule has 0 atom stereocenters. The Balaban J connectivity index is 1.97. The van der Waals surface area contributed by atoms with Gasteiger partial charge in [0.1, 0.15) is 5.75 Å². The lowest BCUT2D eigenvalue weighted by Gasteiger charge is -2.10. The number of carbonyl (C=O) groups excluding carboxylic acids is 2. The van der Waals surface area contributed by atoms with Gasteiger partial charge in [0.15, 0.2) is 0 Å². The van der Waals surface area contributed by atoms with Gasteiger partial charge in [-0.1, -0.05) is 25.1 Å². The topological polar surface area (TPSA) is 67.4 Å². The summed E-state index contributed by atoms with van der Waals surface area (Å²) in [6.07, 6.45) is 0.891. The fourth-order valence-electron chi connectivity index (χ4n) is 1.85. The van der Waals surface area contributed by atoms with Gasteiger partial charge in [-0.3, -0.25) is 20.4 Å². The molecule has 2 N–H and O–H groups in total. The number of nitrogens with one attached hydrogen (secondary N) is 2. The van der Waals surface area contributed by atoms with Crippen LogP contribution < -0.4 is 15.6 Å². The molecule has 0 aliphatic heterocycles. The van der Waals surface area contributed by atoms with Gasteiger partial charge in [0.05, 0.1) is 12.2 Å². The van der Waals surface area contributed by atoms with Crippen molar-refractivity contribution in [3.63, 3.8) is 0 Å². The lowest BCUT2D eigenvalue weighted by Crippen LogP contribution is -2.41. The number of benzene rings is 2. The number of amides is 2. The zero-order valence-electron chi connectivity index (χ0n) is 12.6. The molecule has 2 aromatic rings. The monoisotopic (exact) mass is 424 g/mol. The van der Waals surface area contributed by atoms with Crippen LogP contribution in [-0.2, 0) is 0 Å². The van der Waals surface area contributed by atoms with Crippen molar-refractivity contribution >= 4 is 34.4 Å². The standard InChI is InChI=1S/C17H17IN2O3/c1-2-10-23-13-7-5-6-12(11-13)16(21)19-20-17(22)14-8-3-4-9-15(14)18/h3-9,11H,2,10H2,1H3,(H,19,21)(H,20,22). The van der Waals surface area contributed by atoms with Crippen LogP contribution in [0, 0.1) is 3.57 Å². The van der Waals surface area contributed by atoms with E-state index in [1.54, 1.807) is 36.4 Å². The summed E-state index contributed by atoms with van der Waals surface area (Å²) in [5, 5.41) is 0. The van der Waals surface area contributed by atoms with E-state index in [9.17, 15) is 9.59 Å². The Morgan fingerprint density at radius 1 is 1.04 bits per heavy atom. The molecule has 120 valence electrons. The molecule has 2 aromatic carbocycles. The van der Waals surface area contributed by atoms with Crippen LogP contribution in [0.1, 0.15) is 34.1 Å². The molecule has 0 saturated heterocycles. The minimum atomic E-state index is -0.397. The number of halogens is 1. The molecule has 23 heavy (non-hydrogen) atoms. The average molecular weight is 424 g/mol. The summed E-state index contributed by atoms with van der Waals surface area (Å²) in [6, 6.07) is 14.0. The maximum atomic E-state index is 12.1. The summed E-state index contributed by atoms with van der Waals surface area (Å²) >= 11 is 2.07. The quantitative estimate of drug-likeness (QED) is 0.573. The average Bonchev–Trinajstić information content (AvgIpc) is 2.58. The lowest BCUT2D eigenvalue weighted by atomic mass is 10.2. The van der Waals surface area contributed by atoms with Crippen LogP contribution in [0.2, 0.25) is 0 Å². The second kappa shape index (κ2) is 8.52. The molecule has 0 aliphatic carbocycles. The number of hydrogen-bond donors (Lipinski definition) is 2. The second-order valence-electron chi connectivity index (χ2n) is 4.76. The summed E-state index contributed by atoms with van der Waals surface area (Å²) in [4.78, 5) is 24.2. The molecular weight excluding hydrogens is 407 g/mol. The Morgan fingerprint density at radius 3 is 2.52 bits per heavy atom. The Labute approximate surface area is 148 Å². The van der Waals surface area contributed by atoms with Crippen LogP contribution in [0.5, 0.6) is 5.75 Å². The predicted octanol–water partition coefficient (Wildman–Crippen LogP) is 3.15. The van der Waals surface area contributed by atoms with Gasteiger partial charge in [0.2, 0.25) is 0 Å². The highest BCUT2D eigenvalue weighted by Crippen LogP contribution is 2.14. The lowest BCUT2D eigenvalue weighted by molar-refractivity contribution is 0.0846. The van der Waals surface area contributed by atoms with E-state index in [1.807, 2.05) is 19.1 Å². The van der Waals surface area contributed by atoms with Crippen molar-refractivity contribution in [2.75, 3.05) is 6.61 Å². The van der Waals surface area contributed by atoms with Crippen LogP contribution >= 0.6 is 22.6 Å². The highest BCUT2D eigenvalue weighted by molar-refractivity contribution is 14.1. The third kappa shape index (κ3) is 4.95. The van der Waals surface area contributed by atoms with E-state index < -0.39 is 5.91 Å². The maximum absolute atomic E-state index is 12.1. The first-order chi connectivity index (χ1) is 11.1. The molecule has 0 bridgehead atoms. The van der Waals surface area contributed by atoms with Gasteiger partial charge in [0, 0.05) is 9.13 Å². The van der Waals surface area contributed by atoms with E-state index in [1.165, 1.54) is 0 Å². The largest absolute Gasteiger partial charge is 0.494 e. The Hall–Kier alpha value is -2.09. The number of hydrazine groups is 1. The summed E-state index contributed by atoms with van der Waals surface area (Å²) in [6.45, 7) is 2.60. The molecule has 0 fully saturated rings. The fraction of sp³-hybridized carbons (Fsp3) is 0.176. The number of carbonyl (C=O) groups is 2. The van der Waals surface area contributed by atoms with E-state index in [0.717, 1.165) is 9.99 Å². The van der Waals surface area contributed by atoms with Crippen LogP contribution in [0.15, 0.2) is 48.5 Å². The summed E-state index contributed by atoms with van der Waals surface area (Å²) in [7, 11) is 0. The van der Waals surface area contributed by atoms with Crippen LogP contribution in [0.4, 0.5) is 0 Å². The van der Waals surface area contributed by atoms with Gasteiger partial charge < -0.3 is 4.74 Å². The van der Waals surface area contributed by atoms with Gasteiger partial charge in [-0.2, -0.15) is 0 Å². The van der Waals surface area contributed by atoms with Crippen molar-refractivity contribution in [2.24, 2.45) is 0 Å². The third-order valence-electron chi connectivity index (χ3n) is 2.98. The summed E-state index contributed by atoms with van der Waals surface area (Å²) < 4.78 is 6.30. The summed E-state index contributed by atoms with van der Waals surface area (Å²) in [5.74, 6) is -0.128.